The van der Waals surface area contributed by atoms with Gasteiger partial charge in [-0.2, -0.15) is 0 Å². The zero-order valence-electron chi connectivity index (χ0n) is 11.6. The third-order valence-electron chi connectivity index (χ3n) is 2.81. The van der Waals surface area contributed by atoms with Crippen LogP contribution in [-0.4, -0.2) is 34.8 Å². The summed E-state index contributed by atoms with van der Waals surface area (Å²) in [6.07, 6.45) is 3.75. The van der Waals surface area contributed by atoms with Gasteiger partial charge in [0, 0.05) is 12.7 Å². The van der Waals surface area contributed by atoms with Crippen molar-refractivity contribution in [1.82, 2.24) is 15.2 Å². The molecule has 0 aromatic carbocycles. The van der Waals surface area contributed by atoms with Crippen LogP contribution in [0.25, 0.3) is 0 Å². The highest BCUT2D eigenvalue weighted by atomic mass is 19.1. The molecule has 1 N–H and O–H groups in total. The zero-order chi connectivity index (χ0) is 15.1. The molecular weight excluding hydrogens is 261 g/mol. The predicted octanol–water partition coefficient (Wildman–Crippen LogP) is 1.43. The number of rotatable bonds is 6. The number of likely N-dealkylation sites (N-methyl/N-ethyl adjacent to an activating group) is 1. The van der Waals surface area contributed by atoms with Crippen molar-refractivity contribution >= 4 is 11.8 Å². The Kier molecular flexibility index (Phi) is 5.83. The van der Waals surface area contributed by atoms with Crippen LogP contribution < -0.4 is 5.32 Å². The lowest BCUT2D eigenvalue weighted by molar-refractivity contribution is -0.132. The van der Waals surface area contributed by atoms with Crippen molar-refractivity contribution in [3.8, 4) is 0 Å². The Morgan fingerprint density at radius 3 is 2.80 bits per heavy atom. The molecule has 2 amide bonds. The smallest absolute Gasteiger partial charge is 0.246 e. The van der Waals surface area contributed by atoms with Crippen LogP contribution in [0.2, 0.25) is 0 Å². The topological polar surface area (TPSA) is 62.3 Å². The van der Waals surface area contributed by atoms with Crippen LogP contribution >= 0.6 is 0 Å². The second kappa shape index (κ2) is 7.37. The molecule has 0 saturated heterocycles. The number of amides is 2. The highest BCUT2D eigenvalue weighted by Crippen LogP contribution is 2.11. The number of aromatic nitrogens is 1. The number of hydrogen-bond acceptors (Lipinski definition) is 3. The van der Waals surface area contributed by atoms with E-state index >= 15 is 0 Å². The summed E-state index contributed by atoms with van der Waals surface area (Å²) in [5.74, 6) is -1.08. The second-order valence-corrected chi connectivity index (χ2v) is 4.28. The molecule has 0 aliphatic rings. The van der Waals surface area contributed by atoms with Crippen molar-refractivity contribution in [3.63, 3.8) is 0 Å². The maximum atomic E-state index is 13.0. The van der Waals surface area contributed by atoms with Gasteiger partial charge in [0.2, 0.25) is 11.8 Å². The van der Waals surface area contributed by atoms with E-state index in [4.69, 9.17) is 0 Å². The maximum Gasteiger partial charge on any atom is 0.246 e. The molecule has 108 valence electrons. The minimum absolute atomic E-state index is 0.0611. The molecule has 1 heterocycles. The fourth-order valence-electron chi connectivity index (χ4n) is 1.68. The van der Waals surface area contributed by atoms with Crippen molar-refractivity contribution in [1.29, 1.82) is 0 Å². The van der Waals surface area contributed by atoms with Crippen molar-refractivity contribution in [2.75, 3.05) is 13.1 Å². The summed E-state index contributed by atoms with van der Waals surface area (Å²) in [6, 6.07) is 0.924. The summed E-state index contributed by atoms with van der Waals surface area (Å²) < 4.78 is 13.0. The number of halogens is 1. The standard InChI is InChI=1S/C14H18FN3O2/c1-4-14(20)18(5-2)9-13(19)17-10(3)11-6-12(15)8-16-7-11/h4,6-8,10H,1,5,9H2,2-3H3,(H,17,19). The molecule has 5 nitrogen and oxygen atoms in total. The van der Waals surface area contributed by atoms with E-state index in [0.29, 0.717) is 12.1 Å². The molecule has 6 heteroatoms. The lowest BCUT2D eigenvalue weighted by Gasteiger charge is -2.20. The van der Waals surface area contributed by atoms with Gasteiger partial charge in [0.15, 0.2) is 0 Å². The van der Waals surface area contributed by atoms with Crippen LogP contribution in [-0.2, 0) is 9.59 Å². The zero-order valence-corrected chi connectivity index (χ0v) is 11.6. The molecule has 0 saturated carbocycles. The summed E-state index contributed by atoms with van der Waals surface area (Å²) in [5.41, 5.74) is 0.566. The Morgan fingerprint density at radius 2 is 2.25 bits per heavy atom. The quantitative estimate of drug-likeness (QED) is 0.801. The Bertz CT molecular complexity index is 505. The number of carbonyl (C=O) groups excluding carboxylic acids is 2. The summed E-state index contributed by atoms with van der Waals surface area (Å²) in [4.78, 5) is 28.4. The van der Waals surface area contributed by atoms with Gasteiger partial charge in [-0.25, -0.2) is 4.39 Å². The van der Waals surface area contributed by atoms with E-state index in [0.717, 1.165) is 12.3 Å². The van der Waals surface area contributed by atoms with Crippen molar-refractivity contribution in [3.05, 3.63) is 42.5 Å². The summed E-state index contributed by atoms with van der Waals surface area (Å²) in [5, 5.41) is 2.69. The number of nitrogens with zero attached hydrogens (tertiary/aromatic N) is 2. The van der Waals surface area contributed by atoms with Gasteiger partial charge in [-0.1, -0.05) is 6.58 Å². The average molecular weight is 279 g/mol. The molecule has 1 aromatic heterocycles. The molecule has 0 aliphatic carbocycles. The van der Waals surface area contributed by atoms with E-state index < -0.39 is 5.82 Å². The molecule has 1 rings (SSSR count). The number of hydrogen-bond donors (Lipinski definition) is 1. The SMILES string of the molecule is C=CC(=O)N(CC)CC(=O)NC(C)c1cncc(F)c1. The molecular formula is C14H18FN3O2. The van der Waals surface area contributed by atoms with Gasteiger partial charge in [0.05, 0.1) is 18.8 Å². The van der Waals surface area contributed by atoms with E-state index in [9.17, 15) is 14.0 Å². The van der Waals surface area contributed by atoms with Gasteiger partial charge >= 0.3 is 0 Å². The Hall–Kier alpha value is -2.24. The first-order chi connectivity index (χ1) is 9.47. The highest BCUT2D eigenvalue weighted by molar-refractivity contribution is 5.90. The van der Waals surface area contributed by atoms with Gasteiger partial charge in [-0.3, -0.25) is 14.6 Å². The summed E-state index contributed by atoms with van der Waals surface area (Å²) in [6.45, 7) is 7.23. The third-order valence-corrected chi connectivity index (χ3v) is 2.81. The monoisotopic (exact) mass is 279 g/mol. The summed E-state index contributed by atoms with van der Waals surface area (Å²) >= 11 is 0. The van der Waals surface area contributed by atoms with Crippen LogP contribution in [0.15, 0.2) is 31.1 Å². The van der Waals surface area contributed by atoms with E-state index in [2.05, 4.69) is 16.9 Å². The highest BCUT2D eigenvalue weighted by Gasteiger charge is 2.15. The molecule has 0 aliphatic heterocycles. The Morgan fingerprint density at radius 1 is 1.55 bits per heavy atom. The first-order valence-corrected chi connectivity index (χ1v) is 6.29. The fraction of sp³-hybridized carbons (Fsp3) is 0.357. The van der Waals surface area contributed by atoms with Crippen molar-refractivity contribution in [2.24, 2.45) is 0 Å². The lowest BCUT2D eigenvalue weighted by atomic mass is 10.1. The molecule has 0 radical (unpaired) electrons. The fourth-order valence-corrected chi connectivity index (χ4v) is 1.68. The predicted molar refractivity (Wildman–Crippen MR) is 73.2 cm³/mol. The molecule has 1 unspecified atom stereocenters. The Labute approximate surface area is 117 Å². The minimum atomic E-state index is -0.458. The molecule has 1 atom stereocenters. The molecule has 0 fully saturated rings. The first kappa shape index (κ1) is 15.8. The van der Waals surface area contributed by atoms with E-state index in [1.165, 1.54) is 17.2 Å². The van der Waals surface area contributed by atoms with E-state index in [-0.39, 0.29) is 24.4 Å². The van der Waals surface area contributed by atoms with Gasteiger partial charge in [-0.15, -0.1) is 0 Å². The van der Waals surface area contributed by atoms with Crippen LogP contribution in [0.1, 0.15) is 25.5 Å². The summed E-state index contributed by atoms with van der Waals surface area (Å²) in [7, 11) is 0. The van der Waals surface area contributed by atoms with E-state index in [1.54, 1.807) is 13.8 Å². The second-order valence-electron chi connectivity index (χ2n) is 4.28. The average Bonchev–Trinajstić information content (AvgIpc) is 2.43. The van der Waals surface area contributed by atoms with Gasteiger partial charge in [0.25, 0.3) is 0 Å². The number of nitrogens with one attached hydrogen (secondary N) is 1. The molecule has 0 bridgehead atoms. The number of carbonyl (C=O) groups is 2. The molecule has 0 spiro atoms. The van der Waals surface area contributed by atoms with E-state index in [1.807, 2.05) is 0 Å². The van der Waals surface area contributed by atoms with Crippen LogP contribution in [0.3, 0.4) is 0 Å². The lowest BCUT2D eigenvalue weighted by Crippen LogP contribution is -2.40. The van der Waals surface area contributed by atoms with Crippen LogP contribution in [0, 0.1) is 5.82 Å². The van der Waals surface area contributed by atoms with Gasteiger partial charge in [0.1, 0.15) is 5.82 Å². The number of pyridine rings is 1. The molecule has 20 heavy (non-hydrogen) atoms. The normalized spacial score (nSPS) is 11.6. The molecule has 1 aromatic rings. The first-order valence-electron chi connectivity index (χ1n) is 6.29. The van der Waals surface area contributed by atoms with Gasteiger partial charge in [-0.05, 0) is 31.6 Å². The van der Waals surface area contributed by atoms with Crippen molar-refractivity contribution in [2.45, 2.75) is 19.9 Å². The maximum absolute atomic E-state index is 13.0. The van der Waals surface area contributed by atoms with Crippen molar-refractivity contribution < 1.29 is 14.0 Å². The largest absolute Gasteiger partial charge is 0.348 e. The third kappa shape index (κ3) is 4.46. The van der Waals surface area contributed by atoms with Gasteiger partial charge < -0.3 is 10.2 Å². The Balaban J connectivity index is 2.61. The van der Waals surface area contributed by atoms with Crippen LogP contribution in [0.5, 0.6) is 0 Å². The van der Waals surface area contributed by atoms with Crippen LogP contribution in [0.4, 0.5) is 4.39 Å². The minimum Gasteiger partial charge on any atom is -0.348 e.